The normalized spacial score (nSPS) is 22.5. The van der Waals surface area contributed by atoms with E-state index in [0.717, 1.165) is 44.5 Å². The summed E-state index contributed by atoms with van der Waals surface area (Å²) < 4.78 is 11.8. The van der Waals surface area contributed by atoms with Crippen LogP contribution in [0.15, 0.2) is 30.3 Å². The summed E-state index contributed by atoms with van der Waals surface area (Å²) in [6.45, 7) is 5.60. The van der Waals surface area contributed by atoms with E-state index in [4.69, 9.17) is 9.47 Å². The van der Waals surface area contributed by atoms with Crippen molar-refractivity contribution < 1.29 is 14.3 Å². The first-order chi connectivity index (χ1) is 12.1. The number of ether oxygens (including phenoxy) is 2. The number of rotatable bonds is 6. The Labute approximate surface area is 150 Å². The molecule has 2 amide bonds. The maximum atomic E-state index is 12.4. The highest BCUT2D eigenvalue weighted by atomic mass is 16.5. The predicted molar refractivity (Wildman–Crippen MR) is 97.5 cm³/mol. The fraction of sp³-hybridized carbons (Fsp3) is 0.650. The summed E-state index contributed by atoms with van der Waals surface area (Å²) in [7, 11) is 0. The number of urea groups is 1. The summed E-state index contributed by atoms with van der Waals surface area (Å²) in [5.74, 6) is 0. The maximum absolute atomic E-state index is 12.4. The van der Waals surface area contributed by atoms with Gasteiger partial charge in [0.05, 0.1) is 12.1 Å². The largest absolute Gasteiger partial charge is 0.381 e. The van der Waals surface area contributed by atoms with Gasteiger partial charge in [0.1, 0.15) is 6.10 Å². The molecule has 1 aromatic carbocycles. The number of benzene rings is 1. The molecule has 25 heavy (non-hydrogen) atoms. The van der Waals surface area contributed by atoms with Gasteiger partial charge in [-0.25, -0.2) is 4.79 Å². The fourth-order valence-electron chi connectivity index (χ4n) is 3.57. The molecule has 0 aromatic heterocycles. The molecule has 5 nitrogen and oxygen atoms in total. The van der Waals surface area contributed by atoms with Crippen LogP contribution in [0.4, 0.5) is 4.79 Å². The molecular weight excluding hydrogens is 316 g/mol. The summed E-state index contributed by atoms with van der Waals surface area (Å²) >= 11 is 0. The molecule has 1 saturated carbocycles. The van der Waals surface area contributed by atoms with Gasteiger partial charge >= 0.3 is 6.03 Å². The van der Waals surface area contributed by atoms with Gasteiger partial charge in [-0.05, 0) is 51.5 Å². The van der Waals surface area contributed by atoms with Crippen molar-refractivity contribution in [3.8, 4) is 0 Å². The van der Waals surface area contributed by atoms with Crippen LogP contribution in [0.5, 0.6) is 0 Å². The lowest BCUT2D eigenvalue weighted by molar-refractivity contribution is -0.0783. The van der Waals surface area contributed by atoms with E-state index in [0.29, 0.717) is 0 Å². The van der Waals surface area contributed by atoms with Gasteiger partial charge in [0.2, 0.25) is 0 Å². The summed E-state index contributed by atoms with van der Waals surface area (Å²) in [5.41, 5.74) is 1.05. The molecule has 1 saturated heterocycles. The van der Waals surface area contributed by atoms with E-state index in [9.17, 15) is 4.79 Å². The van der Waals surface area contributed by atoms with E-state index in [1.165, 1.54) is 6.42 Å². The minimum atomic E-state index is -0.163. The lowest BCUT2D eigenvalue weighted by atomic mass is 9.79. The molecule has 2 N–H and O–H groups in total. The standard InChI is InChI=1S/C20H30N2O3/c1-15(21-19(23)22-20(2)11-6-12-20)18(16-7-4-3-5-8-16)25-17-9-13-24-14-10-17/h3-5,7-8,15,17-18H,6,9-14H2,1-2H3,(H2,21,22,23)/t15-,18-/m0/s1. The van der Waals surface area contributed by atoms with Gasteiger partial charge in [-0.15, -0.1) is 0 Å². The average molecular weight is 346 g/mol. The monoisotopic (exact) mass is 346 g/mol. The first-order valence-electron chi connectivity index (χ1n) is 9.43. The minimum Gasteiger partial charge on any atom is -0.381 e. The maximum Gasteiger partial charge on any atom is 0.315 e. The van der Waals surface area contributed by atoms with Gasteiger partial charge in [-0.1, -0.05) is 30.3 Å². The second-order valence-electron chi connectivity index (χ2n) is 7.58. The van der Waals surface area contributed by atoms with Crippen molar-refractivity contribution in [1.82, 2.24) is 10.6 Å². The molecule has 0 bridgehead atoms. The Hall–Kier alpha value is -1.59. The van der Waals surface area contributed by atoms with Crippen LogP contribution in [0.1, 0.15) is 57.6 Å². The molecule has 3 rings (SSSR count). The Balaban J connectivity index is 1.63. The third-order valence-corrected chi connectivity index (χ3v) is 5.32. The van der Waals surface area contributed by atoms with Crippen LogP contribution in [0.3, 0.4) is 0 Å². The van der Waals surface area contributed by atoms with E-state index >= 15 is 0 Å². The van der Waals surface area contributed by atoms with Gasteiger partial charge in [-0.2, -0.15) is 0 Å². The zero-order valence-corrected chi connectivity index (χ0v) is 15.3. The highest BCUT2D eigenvalue weighted by Crippen LogP contribution is 2.31. The molecule has 0 radical (unpaired) electrons. The SMILES string of the molecule is C[C@H](NC(=O)NC1(C)CCC1)[C@H](OC1CCOCC1)c1ccccc1. The van der Waals surface area contributed by atoms with E-state index in [1.54, 1.807) is 0 Å². The Bertz CT molecular complexity index is 553. The molecule has 1 aliphatic heterocycles. The molecule has 5 heteroatoms. The topological polar surface area (TPSA) is 59.6 Å². The van der Waals surface area contributed by atoms with Crippen molar-refractivity contribution in [1.29, 1.82) is 0 Å². The Kier molecular flexibility index (Phi) is 5.97. The van der Waals surface area contributed by atoms with Gasteiger partial charge in [0, 0.05) is 18.8 Å². The summed E-state index contributed by atoms with van der Waals surface area (Å²) in [6.07, 6.45) is 5.11. The molecular formula is C20H30N2O3. The van der Waals surface area contributed by atoms with Gasteiger partial charge in [0.25, 0.3) is 0 Å². The van der Waals surface area contributed by atoms with Crippen LogP contribution >= 0.6 is 0 Å². The molecule has 2 fully saturated rings. The fourth-order valence-corrected chi connectivity index (χ4v) is 3.57. The lowest BCUT2D eigenvalue weighted by Gasteiger charge is -2.39. The van der Waals surface area contributed by atoms with Crippen LogP contribution in [0.2, 0.25) is 0 Å². The molecule has 1 aromatic rings. The predicted octanol–water partition coefficient (Wildman–Crippen LogP) is 3.55. The van der Waals surface area contributed by atoms with E-state index in [2.05, 4.69) is 29.7 Å². The van der Waals surface area contributed by atoms with Crippen molar-refractivity contribution in [2.24, 2.45) is 0 Å². The zero-order valence-electron chi connectivity index (χ0n) is 15.3. The van der Waals surface area contributed by atoms with E-state index < -0.39 is 0 Å². The van der Waals surface area contributed by atoms with Crippen molar-refractivity contribution >= 4 is 6.03 Å². The number of hydrogen-bond acceptors (Lipinski definition) is 3. The lowest BCUT2D eigenvalue weighted by Crippen LogP contribution is -2.56. The zero-order chi connectivity index (χ0) is 17.7. The van der Waals surface area contributed by atoms with Gasteiger partial charge in [-0.3, -0.25) is 0 Å². The van der Waals surface area contributed by atoms with Crippen LogP contribution in [-0.2, 0) is 9.47 Å². The third kappa shape index (κ3) is 4.95. The van der Waals surface area contributed by atoms with Crippen molar-refractivity contribution in [3.63, 3.8) is 0 Å². The molecule has 1 heterocycles. The summed E-state index contributed by atoms with van der Waals surface area (Å²) in [5, 5.41) is 6.19. The molecule has 2 atom stereocenters. The third-order valence-electron chi connectivity index (χ3n) is 5.32. The second-order valence-corrected chi connectivity index (χ2v) is 7.58. The van der Waals surface area contributed by atoms with Crippen LogP contribution in [0.25, 0.3) is 0 Å². The summed E-state index contributed by atoms with van der Waals surface area (Å²) in [6, 6.07) is 9.92. The quantitative estimate of drug-likeness (QED) is 0.828. The van der Waals surface area contributed by atoms with Gasteiger partial charge < -0.3 is 20.1 Å². The number of nitrogens with one attached hydrogen (secondary N) is 2. The van der Waals surface area contributed by atoms with Crippen LogP contribution in [0, 0.1) is 0 Å². The smallest absolute Gasteiger partial charge is 0.315 e. The highest BCUT2D eigenvalue weighted by molar-refractivity contribution is 5.75. The van der Waals surface area contributed by atoms with E-state index in [1.807, 2.05) is 25.1 Å². The van der Waals surface area contributed by atoms with Crippen molar-refractivity contribution in [2.75, 3.05) is 13.2 Å². The van der Waals surface area contributed by atoms with E-state index in [-0.39, 0.29) is 29.8 Å². The number of carbonyl (C=O) groups is 1. The molecule has 2 aliphatic rings. The molecule has 0 unspecified atom stereocenters. The van der Waals surface area contributed by atoms with Crippen molar-refractivity contribution in [2.45, 2.75) is 69.7 Å². The van der Waals surface area contributed by atoms with Gasteiger partial charge in [0.15, 0.2) is 0 Å². The highest BCUT2D eigenvalue weighted by Gasteiger charge is 2.34. The molecule has 1 aliphatic carbocycles. The Morgan fingerprint density at radius 2 is 1.92 bits per heavy atom. The average Bonchev–Trinajstić information content (AvgIpc) is 2.59. The summed E-state index contributed by atoms with van der Waals surface area (Å²) in [4.78, 5) is 12.4. The Morgan fingerprint density at radius 3 is 2.52 bits per heavy atom. The van der Waals surface area contributed by atoms with Crippen LogP contribution in [-0.4, -0.2) is 36.9 Å². The second kappa shape index (κ2) is 8.19. The molecule has 138 valence electrons. The van der Waals surface area contributed by atoms with Crippen molar-refractivity contribution in [3.05, 3.63) is 35.9 Å². The first-order valence-corrected chi connectivity index (χ1v) is 9.43. The first kappa shape index (κ1) is 18.2. The van der Waals surface area contributed by atoms with Crippen LogP contribution < -0.4 is 10.6 Å². The number of carbonyl (C=O) groups excluding carboxylic acids is 1. The number of hydrogen-bond donors (Lipinski definition) is 2. The molecule has 0 spiro atoms. The number of amides is 2. The Morgan fingerprint density at radius 1 is 1.24 bits per heavy atom. The minimum absolute atomic E-state index is 0.0480.